The van der Waals surface area contributed by atoms with Gasteiger partial charge in [0.1, 0.15) is 17.3 Å². The summed E-state index contributed by atoms with van der Waals surface area (Å²) in [7, 11) is 1.20. The molecule has 0 atom stereocenters. The molecule has 196 valence electrons. The molecule has 0 saturated carbocycles. The van der Waals surface area contributed by atoms with E-state index in [-0.39, 0.29) is 39.6 Å². The van der Waals surface area contributed by atoms with Crippen molar-refractivity contribution in [1.29, 1.82) is 0 Å². The smallest absolute Gasteiger partial charge is 0.373 e. The molecule has 10 nitrogen and oxygen atoms in total. The van der Waals surface area contributed by atoms with Gasteiger partial charge in [0.2, 0.25) is 5.76 Å². The number of hydrogen-bond acceptors (Lipinski definition) is 7. The van der Waals surface area contributed by atoms with Gasteiger partial charge in [-0.15, -0.1) is 0 Å². The Morgan fingerprint density at radius 2 is 1.79 bits per heavy atom. The number of benzene rings is 2. The lowest BCUT2D eigenvalue weighted by molar-refractivity contribution is -0.123. The van der Waals surface area contributed by atoms with Crippen molar-refractivity contribution in [3.05, 3.63) is 87.2 Å². The third kappa shape index (κ3) is 6.13. The Hall–Kier alpha value is -4.35. The summed E-state index contributed by atoms with van der Waals surface area (Å²) >= 11 is 12.6. The number of amides is 4. The number of esters is 1. The minimum Gasteiger partial charge on any atom is -0.481 e. The molecule has 1 aliphatic heterocycles. The summed E-state index contributed by atoms with van der Waals surface area (Å²) in [4.78, 5) is 49.7. The van der Waals surface area contributed by atoms with E-state index in [1.165, 1.54) is 61.7 Å². The predicted molar refractivity (Wildman–Crippen MR) is 134 cm³/mol. The molecule has 13 heteroatoms. The van der Waals surface area contributed by atoms with Gasteiger partial charge in [-0.3, -0.25) is 14.5 Å². The highest BCUT2D eigenvalue weighted by Crippen LogP contribution is 2.35. The molecule has 1 aliphatic rings. The summed E-state index contributed by atoms with van der Waals surface area (Å²) in [6.07, 6.45) is 1.37. The number of imide groups is 1. The molecule has 0 bridgehead atoms. The summed E-state index contributed by atoms with van der Waals surface area (Å²) in [5, 5.41) is 5.10. The SMILES string of the molecule is COC(=O)c1ccc(CN2C(=O)N/C(=C\c3cc(Cl)c(OCC(=O)Nc4ccc(F)cc4)c(Cl)c3)C2=O)o1. The first-order valence-corrected chi connectivity index (χ1v) is 11.6. The van der Waals surface area contributed by atoms with Gasteiger partial charge in [0.05, 0.1) is 23.7 Å². The van der Waals surface area contributed by atoms with E-state index in [2.05, 4.69) is 15.4 Å². The molecular formula is C25H18Cl2FN3O7. The number of nitrogens with zero attached hydrogens (tertiary/aromatic N) is 1. The average molecular weight is 562 g/mol. The molecule has 0 spiro atoms. The van der Waals surface area contributed by atoms with Gasteiger partial charge in [0, 0.05) is 5.69 Å². The van der Waals surface area contributed by atoms with Gasteiger partial charge in [-0.1, -0.05) is 23.2 Å². The zero-order valence-corrected chi connectivity index (χ0v) is 21.1. The zero-order chi connectivity index (χ0) is 27.4. The van der Waals surface area contributed by atoms with Gasteiger partial charge in [-0.2, -0.15) is 0 Å². The maximum atomic E-state index is 13.0. The van der Waals surface area contributed by atoms with Gasteiger partial charge >= 0.3 is 12.0 Å². The molecule has 4 amide bonds. The number of ether oxygens (including phenoxy) is 2. The van der Waals surface area contributed by atoms with Crippen molar-refractivity contribution in [2.45, 2.75) is 6.54 Å². The lowest BCUT2D eigenvalue weighted by atomic mass is 10.1. The largest absolute Gasteiger partial charge is 0.481 e. The monoisotopic (exact) mass is 561 g/mol. The van der Waals surface area contributed by atoms with E-state index in [0.29, 0.717) is 11.3 Å². The number of carbonyl (C=O) groups excluding carboxylic acids is 4. The number of urea groups is 1. The quantitative estimate of drug-likeness (QED) is 0.233. The highest BCUT2D eigenvalue weighted by molar-refractivity contribution is 6.37. The van der Waals surface area contributed by atoms with E-state index in [1.807, 2.05) is 0 Å². The first-order chi connectivity index (χ1) is 18.1. The Kier molecular flexibility index (Phi) is 7.99. The van der Waals surface area contributed by atoms with E-state index < -0.39 is 36.2 Å². The fraction of sp³-hybridized carbons (Fsp3) is 0.120. The zero-order valence-electron chi connectivity index (χ0n) is 19.5. The van der Waals surface area contributed by atoms with E-state index in [4.69, 9.17) is 32.4 Å². The summed E-state index contributed by atoms with van der Waals surface area (Å²) in [6.45, 7) is -0.640. The number of furan rings is 1. The molecule has 38 heavy (non-hydrogen) atoms. The standard InChI is InChI=1S/C25H18Cl2FN3O7/c1-36-24(34)20-7-6-16(38-20)11-31-23(33)19(30-25(31)35)10-13-8-17(26)22(18(27)9-13)37-12-21(32)29-15-4-2-14(28)3-5-15/h2-10H,11-12H2,1H3,(H,29,32)(H,30,35)/b19-10-. The van der Waals surface area contributed by atoms with Gasteiger partial charge in [-0.05, 0) is 60.2 Å². The van der Waals surface area contributed by atoms with Crippen molar-refractivity contribution in [2.24, 2.45) is 0 Å². The van der Waals surface area contributed by atoms with Crippen LogP contribution < -0.4 is 15.4 Å². The Balaban J connectivity index is 1.41. The maximum absolute atomic E-state index is 13.0. The highest BCUT2D eigenvalue weighted by atomic mass is 35.5. The van der Waals surface area contributed by atoms with Crippen LogP contribution >= 0.6 is 23.2 Å². The Labute approximate surface area is 224 Å². The lowest BCUT2D eigenvalue weighted by Gasteiger charge is -2.11. The summed E-state index contributed by atoms with van der Waals surface area (Å²) in [5.74, 6) is -2.13. The molecule has 3 aromatic rings. The minimum absolute atomic E-state index is 0.0346. The summed E-state index contributed by atoms with van der Waals surface area (Å²) in [6, 6.07) is 10.2. The van der Waals surface area contributed by atoms with Crippen LogP contribution in [0.5, 0.6) is 5.75 Å². The second-order valence-electron chi connectivity index (χ2n) is 7.79. The number of halogens is 3. The van der Waals surface area contributed by atoms with Crippen LogP contribution in [-0.2, 0) is 20.9 Å². The van der Waals surface area contributed by atoms with Crippen LogP contribution in [0.15, 0.2) is 58.6 Å². The predicted octanol–water partition coefficient (Wildman–Crippen LogP) is 4.62. The van der Waals surface area contributed by atoms with E-state index in [0.717, 1.165) is 4.90 Å². The molecule has 1 aromatic heterocycles. The number of nitrogens with one attached hydrogen (secondary N) is 2. The van der Waals surface area contributed by atoms with Gasteiger partial charge < -0.3 is 24.5 Å². The molecule has 0 radical (unpaired) electrons. The van der Waals surface area contributed by atoms with Crippen molar-refractivity contribution in [1.82, 2.24) is 10.2 Å². The van der Waals surface area contributed by atoms with Gasteiger partial charge in [0.25, 0.3) is 11.8 Å². The number of methoxy groups -OCH3 is 1. The van der Waals surface area contributed by atoms with Crippen LogP contribution in [-0.4, -0.2) is 42.4 Å². The molecule has 0 unspecified atom stereocenters. The molecule has 0 aliphatic carbocycles. The van der Waals surface area contributed by atoms with E-state index >= 15 is 0 Å². The van der Waals surface area contributed by atoms with Crippen LogP contribution in [0.25, 0.3) is 6.08 Å². The van der Waals surface area contributed by atoms with Crippen molar-refractivity contribution in [2.75, 3.05) is 19.0 Å². The lowest BCUT2D eigenvalue weighted by Crippen LogP contribution is -2.30. The molecule has 2 N–H and O–H groups in total. The second-order valence-corrected chi connectivity index (χ2v) is 8.61. The fourth-order valence-electron chi connectivity index (χ4n) is 3.38. The van der Waals surface area contributed by atoms with Crippen LogP contribution in [0, 0.1) is 5.82 Å². The molecule has 2 heterocycles. The Morgan fingerprint density at radius 3 is 2.45 bits per heavy atom. The molecular weight excluding hydrogens is 544 g/mol. The maximum Gasteiger partial charge on any atom is 0.373 e. The molecule has 1 fully saturated rings. The number of hydrogen-bond donors (Lipinski definition) is 2. The normalized spacial score (nSPS) is 14.0. The van der Waals surface area contributed by atoms with Gasteiger partial charge in [0.15, 0.2) is 12.4 Å². The van der Waals surface area contributed by atoms with Crippen LogP contribution in [0.2, 0.25) is 10.0 Å². The number of anilines is 1. The van der Waals surface area contributed by atoms with Crippen LogP contribution in [0.3, 0.4) is 0 Å². The third-order valence-corrected chi connectivity index (χ3v) is 5.69. The van der Waals surface area contributed by atoms with Crippen molar-refractivity contribution in [3.8, 4) is 5.75 Å². The first-order valence-electron chi connectivity index (χ1n) is 10.8. The van der Waals surface area contributed by atoms with E-state index in [1.54, 1.807) is 0 Å². The topological polar surface area (TPSA) is 127 Å². The molecule has 2 aromatic carbocycles. The Morgan fingerprint density at radius 1 is 1.11 bits per heavy atom. The highest BCUT2D eigenvalue weighted by Gasteiger charge is 2.34. The average Bonchev–Trinajstić information content (AvgIpc) is 3.45. The second kappa shape index (κ2) is 11.4. The number of carbonyl (C=O) groups is 4. The Bertz CT molecular complexity index is 1430. The summed E-state index contributed by atoms with van der Waals surface area (Å²) in [5.41, 5.74) is 0.709. The van der Waals surface area contributed by atoms with E-state index in [9.17, 15) is 23.6 Å². The van der Waals surface area contributed by atoms with Crippen molar-refractivity contribution < 1.29 is 37.5 Å². The van der Waals surface area contributed by atoms with Crippen molar-refractivity contribution in [3.63, 3.8) is 0 Å². The molecule has 4 rings (SSSR count). The van der Waals surface area contributed by atoms with Crippen molar-refractivity contribution >= 4 is 58.8 Å². The first kappa shape index (κ1) is 26.7. The van der Waals surface area contributed by atoms with Crippen LogP contribution in [0.4, 0.5) is 14.9 Å². The minimum atomic E-state index is -0.693. The third-order valence-electron chi connectivity index (χ3n) is 5.13. The summed E-state index contributed by atoms with van der Waals surface area (Å²) < 4.78 is 28.3. The van der Waals surface area contributed by atoms with Crippen LogP contribution in [0.1, 0.15) is 21.9 Å². The molecule has 1 saturated heterocycles. The number of rotatable bonds is 8. The fourth-order valence-corrected chi connectivity index (χ4v) is 3.99. The van der Waals surface area contributed by atoms with Gasteiger partial charge in [-0.25, -0.2) is 14.0 Å².